The van der Waals surface area contributed by atoms with Crippen LogP contribution in [0.1, 0.15) is 11.3 Å². The van der Waals surface area contributed by atoms with Crippen molar-refractivity contribution in [1.82, 2.24) is 4.98 Å². The molecule has 2 N–H and O–H groups in total. The summed E-state index contributed by atoms with van der Waals surface area (Å²) >= 11 is 1.35. The highest BCUT2D eigenvalue weighted by Gasteiger charge is 2.09. The minimum absolute atomic E-state index is 0.0535. The number of anilines is 1. The van der Waals surface area contributed by atoms with Crippen LogP contribution in [-0.2, 0) is 6.61 Å². The Labute approximate surface area is 107 Å². The first-order chi connectivity index (χ1) is 8.56. The van der Waals surface area contributed by atoms with Gasteiger partial charge in [0.05, 0.1) is 10.6 Å². The van der Waals surface area contributed by atoms with Crippen molar-refractivity contribution < 1.29 is 9.66 Å². The zero-order valence-electron chi connectivity index (χ0n) is 9.62. The van der Waals surface area contributed by atoms with Crippen molar-refractivity contribution in [1.29, 1.82) is 0 Å². The number of hydrogen-bond acceptors (Lipinski definition) is 6. The second kappa shape index (κ2) is 5.01. The number of non-ortho nitro benzene ring substituents is 1. The number of benzene rings is 1. The van der Waals surface area contributed by atoms with Crippen molar-refractivity contribution in [3.63, 3.8) is 0 Å². The van der Waals surface area contributed by atoms with Gasteiger partial charge in [-0.25, -0.2) is 4.98 Å². The van der Waals surface area contributed by atoms with Gasteiger partial charge in [-0.05, 0) is 18.6 Å². The fourth-order valence-corrected chi connectivity index (χ4v) is 2.00. The quantitative estimate of drug-likeness (QED) is 0.677. The van der Waals surface area contributed by atoms with Gasteiger partial charge in [0.1, 0.15) is 12.4 Å². The molecular formula is C11H11N3O3S. The van der Waals surface area contributed by atoms with E-state index in [0.29, 0.717) is 23.1 Å². The summed E-state index contributed by atoms with van der Waals surface area (Å²) in [4.78, 5) is 14.2. The number of nitro benzene ring substituents is 1. The van der Waals surface area contributed by atoms with Gasteiger partial charge >= 0.3 is 0 Å². The maximum atomic E-state index is 10.6. The van der Waals surface area contributed by atoms with Crippen LogP contribution in [0.15, 0.2) is 23.6 Å². The van der Waals surface area contributed by atoms with Crippen molar-refractivity contribution in [2.24, 2.45) is 0 Å². The van der Waals surface area contributed by atoms with Crippen LogP contribution in [0.2, 0.25) is 0 Å². The predicted molar refractivity (Wildman–Crippen MR) is 68.7 cm³/mol. The molecule has 1 heterocycles. The second-order valence-electron chi connectivity index (χ2n) is 3.67. The molecule has 0 amide bonds. The van der Waals surface area contributed by atoms with Crippen LogP contribution in [0, 0.1) is 17.0 Å². The average molecular weight is 265 g/mol. The highest BCUT2D eigenvalue weighted by Crippen LogP contribution is 2.24. The number of aryl methyl sites for hydroxylation is 1. The van der Waals surface area contributed by atoms with Gasteiger partial charge in [-0.1, -0.05) is 0 Å². The maximum Gasteiger partial charge on any atom is 0.269 e. The van der Waals surface area contributed by atoms with E-state index in [1.807, 2.05) is 5.38 Å². The molecule has 0 bridgehead atoms. The number of thiazole rings is 1. The number of hydrogen-bond donors (Lipinski definition) is 1. The van der Waals surface area contributed by atoms with Crippen molar-refractivity contribution in [2.45, 2.75) is 13.5 Å². The van der Waals surface area contributed by atoms with E-state index in [9.17, 15) is 10.1 Å². The van der Waals surface area contributed by atoms with E-state index >= 15 is 0 Å². The number of aromatic nitrogens is 1. The van der Waals surface area contributed by atoms with Crippen molar-refractivity contribution in [3.05, 3.63) is 45.0 Å². The second-order valence-corrected chi connectivity index (χ2v) is 4.56. The molecule has 1 aromatic heterocycles. The summed E-state index contributed by atoms with van der Waals surface area (Å²) in [6.45, 7) is 2.06. The lowest BCUT2D eigenvalue weighted by molar-refractivity contribution is -0.384. The standard InChI is InChI=1S/C11H11N3O3S/c1-7-4-9(14(15)16)2-3-10(7)17-5-8-6-18-11(12)13-8/h2-4,6H,5H2,1H3,(H2,12,13). The highest BCUT2D eigenvalue weighted by molar-refractivity contribution is 7.13. The first-order valence-corrected chi connectivity index (χ1v) is 6.02. The Morgan fingerprint density at radius 3 is 2.89 bits per heavy atom. The van der Waals surface area contributed by atoms with Gasteiger partial charge in [-0.3, -0.25) is 10.1 Å². The fourth-order valence-electron chi connectivity index (χ4n) is 1.45. The molecule has 0 radical (unpaired) electrons. The van der Waals surface area contributed by atoms with E-state index in [-0.39, 0.29) is 5.69 Å². The Hall–Kier alpha value is -2.15. The summed E-state index contributed by atoms with van der Waals surface area (Å²) < 4.78 is 5.54. The molecule has 0 aliphatic rings. The third-order valence-corrected chi connectivity index (χ3v) is 3.04. The molecule has 0 fully saturated rings. The van der Waals surface area contributed by atoms with Gasteiger partial charge in [0.15, 0.2) is 5.13 Å². The van der Waals surface area contributed by atoms with Gasteiger partial charge < -0.3 is 10.5 Å². The minimum Gasteiger partial charge on any atom is -0.487 e. The first-order valence-electron chi connectivity index (χ1n) is 5.14. The lowest BCUT2D eigenvalue weighted by Crippen LogP contribution is -1.98. The highest BCUT2D eigenvalue weighted by atomic mass is 32.1. The van der Waals surface area contributed by atoms with E-state index in [4.69, 9.17) is 10.5 Å². The molecular weight excluding hydrogens is 254 g/mol. The smallest absolute Gasteiger partial charge is 0.269 e. The number of nitrogens with zero attached hydrogens (tertiary/aromatic N) is 2. The molecule has 94 valence electrons. The molecule has 0 unspecified atom stereocenters. The number of ether oxygens (including phenoxy) is 1. The Kier molecular flexibility index (Phi) is 3.42. The summed E-state index contributed by atoms with van der Waals surface area (Å²) in [5.74, 6) is 0.604. The number of nitrogen functional groups attached to an aromatic ring is 1. The Bertz CT molecular complexity index is 583. The zero-order valence-corrected chi connectivity index (χ0v) is 10.4. The first kappa shape index (κ1) is 12.3. The summed E-state index contributed by atoms with van der Waals surface area (Å²) in [6.07, 6.45) is 0. The largest absolute Gasteiger partial charge is 0.487 e. The number of nitro groups is 1. The molecule has 2 aromatic rings. The van der Waals surface area contributed by atoms with E-state index < -0.39 is 4.92 Å². The molecule has 1 aromatic carbocycles. The van der Waals surface area contributed by atoms with Crippen LogP contribution in [0.25, 0.3) is 0 Å². The van der Waals surface area contributed by atoms with E-state index in [0.717, 1.165) is 5.69 Å². The van der Waals surface area contributed by atoms with Crippen LogP contribution in [-0.4, -0.2) is 9.91 Å². The molecule has 0 saturated carbocycles. The van der Waals surface area contributed by atoms with Gasteiger partial charge in [-0.15, -0.1) is 11.3 Å². The predicted octanol–water partition coefficient (Wildman–Crippen LogP) is 2.52. The average Bonchev–Trinajstić information content (AvgIpc) is 2.73. The lowest BCUT2D eigenvalue weighted by atomic mass is 10.2. The summed E-state index contributed by atoms with van der Waals surface area (Å²) in [5.41, 5.74) is 7.02. The minimum atomic E-state index is -0.433. The normalized spacial score (nSPS) is 10.3. The molecule has 0 atom stereocenters. The van der Waals surface area contributed by atoms with Crippen LogP contribution in [0.5, 0.6) is 5.75 Å². The fraction of sp³-hybridized carbons (Fsp3) is 0.182. The van der Waals surface area contributed by atoms with Crippen molar-refractivity contribution in [2.75, 3.05) is 5.73 Å². The Balaban J connectivity index is 2.08. The summed E-state index contributed by atoms with van der Waals surface area (Å²) in [7, 11) is 0. The topological polar surface area (TPSA) is 91.3 Å². The van der Waals surface area contributed by atoms with Crippen LogP contribution >= 0.6 is 11.3 Å². The third kappa shape index (κ3) is 2.75. The van der Waals surface area contributed by atoms with Crippen molar-refractivity contribution >= 4 is 22.2 Å². The maximum absolute atomic E-state index is 10.6. The SMILES string of the molecule is Cc1cc([N+](=O)[O-])ccc1OCc1csc(N)n1. The zero-order chi connectivity index (χ0) is 13.1. The molecule has 0 spiro atoms. The molecule has 0 aliphatic carbocycles. The van der Waals surface area contributed by atoms with Crippen LogP contribution < -0.4 is 10.5 Å². The number of nitrogens with two attached hydrogens (primary N) is 1. The summed E-state index contributed by atoms with van der Waals surface area (Å²) in [5, 5.41) is 12.9. The summed E-state index contributed by atoms with van der Waals surface area (Å²) in [6, 6.07) is 4.48. The Morgan fingerprint density at radius 1 is 1.56 bits per heavy atom. The lowest BCUT2D eigenvalue weighted by Gasteiger charge is -2.07. The monoisotopic (exact) mass is 265 g/mol. The van der Waals surface area contributed by atoms with Gasteiger partial charge in [-0.2, -0.15) is 0 Å². The van der Waals surface area contributed by atoms with Crippen LogP contribution in [0.4, 0.5) is 10.8 Å². The molecule has 7 heteroatoms. The van der Waals surface area contributed by atoms with Crippen molar-refractivity contribution in [3.8, 4) is 5.75 Å². The van der Waals surface area contributed by atoms with E-state index in [1.165, 1.54) is 23.5 Å². The van der Waals surface area contributed by atoms with E-state index in [1.54, 1.807) is 13.0 Å². The number of rotatable bonds is 4. The van der Waals surface area contributed by atoms with Gasteiger partial charge in [0, 0.05) is 17.5 Å². The molecule has 2 rings (SSSR count). The van der Waals surface area contributed by atoms with Gasteiger partial charge in [0.2, 0.25) is 0 Å². The molecule has 18 heavy (non-hydrogen) atoms. The Morgan fingerprint density at radius 2 is 2.33 bits per heavy atom. The molecule has 6 nitrogen and oxygen atoms in total. The van der Waals surface area contributed by atoms with E-state index in [2.05, 4.69) is 4.98 Å². The molecule has 0 saturated heterocycles. The molecule has 0 aliphatic heterocycles. The van der Waals surface area contributed by atoms with Crippen LogP contribution in [0.3, 0.4) is 0 Å². The third-order valence-electron chi connectivity index (χ3n) is 2.31. The van der Waals surface area contributed by atoms with Gasteiger partial charge in [0.25, 0.3) is 5.69 Å².